The summed E-state index contributed by atoms with van der Waals surface area (Å²) in [6, 6.07) is 16.9. The predicted octanol–water partition coefficient (Wildman–Crippen LogP) is 4.65. The number of hydrogen-bond donors (Lipinski definition) is 1. The molecule has 2 heteroatoms. The highest BCUT2D eigenvalue weighted by Gasteiger charge is 2.02. The summed E-state index contributed by atoms with van der Waals surface area (Å²) in [4.78, 5) is 0. The molecule has 106 valence electrons. The van der Waals surface area contributed by atoms with Crippen LogP contribution in [-0.2, 0) is 13.0 Å². The maximum atomic E-state index is 5.75. The minimum atomic E-state index is 0.754. The third-order valence-electron chi connectivity index (χ3n) is 3.26. The highest BCUT2D eigenvalue weighted by molar-refractivity contribution is 5.56. The van der Waals surface area contributed by atoms with Crippen LogP contribution in [-0.4, -0.2) is 6.61 Å². The van der Waals surface area contributed by atoms with Gasteiger partial charge in [-0.05, 0) is 36.1 Å². The third-order valence-corrected chi connectivity index (χ3v) is 3.26. The summed E-state index contributed by atoms with van der Waals surface area (Å²) in [6.07, 6.45) is 2.11. The van der Waals surface area contributed by atoms with Crippen molar-refractivity contribution in [3.63, 3.8) is 0 Å². The van der Waals surface area contributed by atoms with Crippen LogP contribution in [0.2, 0.25) is 0 Å². The van der Waals surface area contributed by atoms with E-state index in [1.807, 2.05) is 18.2 Å². The number of hydrogen-bond acceptors (Lipinski definition) is 2. The lowest BCUT2D eigenvalue weighted by Crippen LogP contribution is -2.03. The summed E-state index contributed by atoms with van der Waals surface area (Å²) in [7, 11) is 0. The topological polar surface area (TPSA) is 21.3 Å². The third kappa shape index (κ3) is 4.02. The van der Waals surface area contributed by atoms with E-state index >= 15 is 0 Å². The van der Waals surface area contributed by atoms with Crippen LogP contribution in [0.5, 0.6) is 5.75 Å². The molecule has 2 rings (SSSR count). The molecule has 0 saturated heterocycles. The Balaban J connectivity index is 1.98. The summed E-state index contributed by atoms with van der Waals surface area (Å²) >= 11 is 0. The van der Waals surface area contributed by atoms with Gasteiger partial charge in [0.15, 0.2) is 0 Å². The first kappa shape index (κ1) is 14.4. The molecule has 2 nitrogen and oxygen atoms in total. The second-order valence-electron chi connectivity index (χ2n) is 4.87. The van der Waals surface area contributed by atoms with Crippen LogP contribution in [0.25, 0.3) is 0 Å². The van der Waals surface area contributed by atoms with Crippen molar-refractivity contribution in [2.24, 2.45) is 0 Å². The smallest absolute Gasteiger partial charge is 0.142 e. The lowest BCUT2D eigenvalue weighted by atomic mass is 10.1. The van der Waals surface area contributed by atoms with Crippen molar-refractivity contribution in [1.82, 2.24) is 0 Å². The number of rotatable bonds is 7. The Labute approximate surface area is 121 Å². The molecule has 0 amide bonds. The maximum Gasteiger partial charge on any atom is 0.142 e. The largest absolute Gasteiger partial charge is 0.491 e. The number of benzene rings is 2. The van der Waals surface area contributed by atoms with Crippen molar-refractivity contribution in [3.8, 4) is 5.75 Å². The summed E-state index contributed by atoms with van der Waals surface area (Å²) in [5.74, 6) is 0.930. The van der Waals surface area contributed by atoms with Gasteiger partial charge in [0.05, 0.1) is 12.3 Å². The molecular weight excluding hydrogens is 246 g/mol. The van der Waals surface area contributed by atoms with E-state index in [9.17, 15) is 0 Å². The molecule has 0 atom stereocenters. The molecule has 0 spiro atoms. The molecule has 0 bridgehead atoms. The standard InChI is InChI=1S/C18H23NO/c1-3-13-20-18-8-6-5-7-17(18)19-14-16-11-9-15(4-2)10-12-16/h5-12,19H,3-4,13-14H2,1-2H3. The van der Waals surface area contributed by atoms with Gasteiger partial charge in [0, 0.05) is 6.54 Å². The summed E-state index contributed by atoms with van der Waals surface area (Å²) in [6.45, 7) is 5.86. The zero-order chi connectivity index (χ0) is 14.2. The van der Waals surface area contributed by atoms with Crippen molar-refractivity contribution in [2.45, 2.75) is 33.2 Å². The van der Waals surface area contributed by atoms with Crippen LogP contribution in [0.4, 0.5) is 5.69 Å². The van der Waals surface area contributed by atoms with E-state index in [0.717, 1.165) is 37.4 Å². The molecule has 0 aliphatic heterocycles. The van der Waals surface area contributed by atoms with Crippen LogP contribution in [0.1, 0.15) is 31.4 Å². The van der Waals surface area contributed by atoms with Gasteiger partial charge in [0.1, 0.15) is 5.75 Å². The minimum Gasteiger partial charge on any atom is -0.491 e. The fourth-order valence-corrected chi connectivity index (χ4v) is 2.04. The second kappa shape index (κ2) is 7.59. The highest BCUT2D eigenvalue weighted by atomic mass is 16.5. The van der Waals surface area contributed by atoms with Crippen LogP contribution < -0.4 is 10.1 Å². The van der Waals surface area contributed by atoms with Gasteiger partial charge in [-0.15, -0.1) is 0 Å². The Morgan fingerprint density at radius 2 is 1.60 bits per heavy atom. The number of nitrogens with one attached hydrogen (secondary N) is 1. The molecule has 0 saturated carbocycles. The first-order valence-electron chi connectivity index (χ1n) is 7.37. The molecular formula is C18H23NO. The van der Waals surface area contributed by atoms with E-state index in [-0.39, 0.29) is 0 Å². The SMILES string of the molecule is CCCOc1ccccc1NCc1ccc(CC)cc1. The molecule has 0 aromatic heterocycles. The summed E-state index contributed by atoms with van der Waals surface area (Å²) < 4.78 is 5.75. The highest BCUT2D eigenvalue weighted by Crippen LogP contribution is 2.24. The molecule has 20 heavy (non-hydrogen) atoms. The van der Waals surface area contributed by atoms with Gasteiger partial charge in [-0.2, -0.15) is 0 Å². The van der Waals surface area contributed by atoms with Gasteiger partial charge in [0.2, 0.25) is 0 Å². The number of aryl methyl sites for hydroxylation is 1. The van der Waals surface area contributed by atoms with Crippen molar-refractivity contribution in [2.75, 3.05) is 11.9 Å². The van der Waals surface area contributed by atoms with E-state index in [0.29, 0.717) is 0 Å². The number of ether oxygens (including phenoxy) is 1. The zero-order valence-electron chi connectivity index (χ0n) is 12.4. The fraction of sp³-hybridized carbons (Fsp3) is 0.333. The summed E-state index contributed by atoms with van der Waals surface area (Å²) in [5, 5.41) is 3.45. The van der Waals surface area contributed by atoms with Gasteiger partial charge >= 0.3 is 0 Å². The van der Waals surface area contributed by atoms with Crippen LogP contribution in [0.15, 0.2) is 48.5 Å². The second-order valence-corrected chi connectivity index (χ2v) is 4.87. The van der Waals surface area contributed by atoms with Crippen molar-refractivity contribution >= 4 is 5.69 Å². The molecule has 1 N–H and O–H groups in total. The Morgan fingerprint density at radius 1 is 0.900 bits per heavy atom. The molecule has 0 fully saturated rings. The quantitative estimate of drug-likeness (QED) is 0.790. The zero-order valence-corrected chi connectivity index (χ0v) is 12.4. The van der Waals surface area contributed by atoms with Crippen LogP contribution >= 0.6 is 0 Å². The lowest BCUT2D eigenvalue weighted by Gasteiger charge is -2.13. The molecule has 2 aromatic carbocycles. The van der Waals surface area contributed by atoms with E-state index in [1.165, 1.54) is 11.1 Å². The van der Waals surface area contributed by atoms with Gasteiger partial charge in [-0.3, -0.25) is 0 Å². The predicted molar refractivity (Wildman–Crippen MR) is 85.4 cm³/mol. The number of anilines is 1. The molecule has 0 aliphatic carbocycles. The van der Waals surface area contributed by atoms with Gasteiger partial charge in [-0.1, -0.05) is 50.2 Å². The monoisotopic (exact) mass is 269 g/mol. The van der Waals surface area contributed by atoms with E-state index < -0.39 is 0 Å². The number of para-hydroxylation sites is 2. The molecule has 0 heterocycles. The first-order valence-corrected chi connectivity index (χ1v) is 7.37. The van der Waals surface area contributed by atoms with E-state index in [1.54, 1.807) is 0 Å². The van der Waals surface area contributed by atoms with E-state index in [2.05, 4.69) is 49.5 Å². The van der Waals surface area contributed by atoms with Crippen LogP contribution in [0.3, 0.4) is 0 Å². The maximum absolute atomic E-state index is 5.75. The average molecular weight is 269 g/mol. The van der Waals surface area contributed by atoms with Crippen LogP contribution in [0, 0.1) is 0 Å². The Bertz CT molecular complexity index is 519. The van der Waals surface area contributed by atoms with Gasteiger partial charge in [-0.25, -0.2) is 0 Å². The van der Waals surface area contributed by atoms with Gasteiger partial charge < -0.3 is 10.1 Å². The normalized spacial score (nSPS) is 10.3. The summed E-state index contributed by atoms with van der Waals surface area (Å²) in [5.41, 5.74) is 3.72. The first-order chi connectivity index (χ1) is 9.83. The molecule has 0 aliphatic rings. The average Bonchev–Trinajstić information content (AvgIpc) is 2.52. The Hall–Kier alpha value is -1.96. The van der Waals surface area contributed by atoms with Crippen molar-refractivity contribution in [3.05, 3.63) is 59.7 Å². The van der Waals surface area contributed by atoms with Gasteiger partial charge in [0.25, 0.3) is 0 Å². The van der Waals surface area contributed by atoms with Crippen molar-refractivity contribution < 1.29 is 4.74 Å². The lowest BCUT2D eigenvalue weighted by molar-refractivity contribution is 0.319. The molecule has 0 radical (unpaired) electrons. The minimum absolute atomic E-state index is 0.754. The Morgan fingerprint density at radius 3 is 2.30 bits per heavy atom. The fourth-order valence-electron chi connectivity index (χ4n) is 2.04. The molecule has 0 unspecified atom stereocenters. The van der Waals surface area contributed by atoms with E-state index in [4.69, 9.17) is 4.74 Å². The molecule has 2 aromatic rings. The Kier molecular flexibility index (Phi) is 5.48. The van der Waals surface area contributed by atoms with Crippen molar-refractivity contribution in [1.29, 1.82) is 0 Å².